The lowest BCUT2D eigenvalue weighted by Gasteiger charge is -2.09. The molecule has 0 saturated carbocycles. The maximum atomic E-state index is 11.7. The predicted molar refractivity (Wildman–Crippen MR) is 79.2 cm³/mol. The van der Waals surface area contributed by atoms with Crippen LogP contribution in [-0.2, 0) is 14.3 Å². The molecular formula is C13H15ClN2O3S. The van der Waals surface area contributed by atoms with Crippen LogP contribution in [0.5, 0.6) is 0 Å². The molecule has 108 valence electrons. The van der Waals surface area contributed by atoms with Gasteiger partial charge in [-0.1, -0.05) is 11.6 Å². The first kappa shape index (κ1) is 15.2. The maximum absolute atomic E-state index is 11.7. The summed E-state index contributed by atoms with van der Waals surface area (Å²) in [7, 11) is 3.09. The molecule has 1 aromatic carbocycles. The molecule has 1 aromatic rings. The van der Waals surface area contributed by atoms with Crippen LogP contribution in [0, 0.1) is 0 Å². The molecule has 1 unspecified atom stereocenters. The number of anilines is 1. The SMILES string of the molecule is CNC1C(=O)Nc2cc(SCCC(=O)OC)c(Cl)cc21. The normalized spacial score (nSPS) is 16.8. The van der Waals surface area contributed by atoms with Crippen molar-refractivity contribution in [3.63, 3.8) is 0 Å². The molecule has 1 aliphatic rings. The molecule has 7 heteroatoms. The number of ether oxygens (including phenoxy) is 1. The van der Waals surface area contributed by atoms with Gasteiger partial charge >= 0.3 is 5.97 Å². The Balaban J connectivity index is 2.12. The number of thioether (sulfide) groups is 1. The fourth-order valence-electron chi connectivity index (χ4n) is 2.01. The quantitative estimate of drug-likeness (QED) is 0.644. The van der Waals surface area contributed by atoms with Gasteiger partial charge in [-0.05, 0) is 19.2 Å². The highest BCUT2D eigenvalue weighted by molar-refractivity contribution is 7.99. The van der Waals surface area contributed by atoms with Crippen molar-refractivity contribution in [2.45, 2.75) is 17.4 Å². The van der Waals surface area contributed by atoms with Crippen molar-refractivity contribution in [1.82, 2.24) is 5.32 Å². The lowest BCUT2D eigenvalue weighted by Crippen LogP contribution is -2.23. The molecule has 0 radical (unpaired) electrons. The van der Waals surface area contributed by atoms with Crippen LogP contribution in [0.3, 0.4) is 0 Å². The van der Waals surface area contributed by atoms with Crippen LogP contribution in [0.15, 0.2) is 17.0 Å². The predicted octanol–water partition coefficient (Wildman–Crippen LogP) is 2.21. The van der Waals surface area contributed by atoms with E-state index in [2.05, 4.69) is 15.4 Å². The molecular weight excluding hydrogens is 300 g/mol. The zero-order valence-corrected chi connectivity index (χ0v) is 12.7. The van der Waals surface area contributed by atoms with E-state index in [0.29, 0.717) is 17.2 Å². The van der Waals surface area contributed by atoms with Crippen LogP contribution in [0.4, 0.5) is 5.69 Å². The molecule has 0 bridgehead atoms. The summed E-state index contributed by atoms with van der Waals surface area (Å²) in [5, 5.41) is 6.33. The van der Waals surface area contributed by atoms with Gasteiger partial charge in [0.05, 0.1) is 18.6 Å². The van der Waals surface area contributed by atoms with Crippen LogP contribution in [0.1, 0.15) is 18.0 Å². The third kappa shape index (κ3) is 3.08. The van der Waals surface area contributed by atoms with E-state index in [4.69, 9.17) is 11.6 Å². The molecule has 5 nitrogen and oxygen atoms in total. The summed E-state index contributed by atoms with van der Waals surface area (Å²) in [6, 6.07) is 3.27. The molecule has 2 N–H and O–H groups in total. The van der Waals surface area contributed by atoms with E-state index >= 15 is 0 Å². The van der Waals surface area contributed by atoms with Gasteiger partial charge < -0.3 is 15.4 Å². The highest BCUT2D eigenvalue weighted by atomic mass is 35.5. The topological polar surface area (TPSA) is 67.4 Å². The van der Waals surface area contributed by atoms with Crippen molar-refractivity contribution in [2.75, 3.05) is 25.2 Å². The van der Waals surface area contributed by atoms with Crippen molar-refractivity contribution in [3.8, 4) is 0 Å². The molecule has 1 amide bonds. The van der Waals surface area contributed by atoms with E-state index < -0.39 is 0 Å². The highest BCUT2D eigenvalue weighted by Crippen LogP contribution is 2.38. The Labute approximate surface area is 126 Å². The lowest BCUT2D eigenvalue weighted by molar-refractivity contribution is -0.140. The number of fused-ring (bicyclic) bond motifs is 1. The zero-order valence-electron chi connectivity index (χ0n) is 11.2. The lowest BCUT2D eigenvalue weighted by atomic mass is 10.1. The number of hydrogen-bond acceptors (Lipinski definition) is 5. The van der Waals surface area contributed by atoms with Crippen LogP contribution < -0.4 is 10.6 Å². The molecule has 0 aliphatic carbocycles. The van der Waals surface area contributed by atoms with E-state index in [9.17, 15) is 9.59 Å². The van der Waals surface area contributed by atoms with Crippen molar-refractivity contribution in [1.29, 1.82) is 0 Å². The van der Waals surface area contributed by atoms with Gasteiger partial charge in [0.25, 0.3) is 0 Å². The Hall–Kier alpha value is -1.24. The summed E-state index contributed by atoms with van der Waals surface area (Å²) >= 11 is 7.69. The third-order valence-electron chi connectivity index (χ3n) is 3.02. The Kier molecular flexibility index (Phi) is 4.91. The van der Waals surface area contributed by atoms with Gasteiger partial charge in [0.2, 0.25) is 5.91 Å². The number of rotatable bonds is 5. The van der Waals surface area contributed by atoms with Crippen molar-refractivity contribution in [3.05, 3.63) is 22.7 Å². The first-order valence-electron chi connectivity index (χ1n) is 6.08. The third-order valence-corrected chi connectivity index (χ3v) is 4.50. The molecule has 2 rings (SSSR count). The second kappa shape index (κ2) is 6.47. The maximum Gasteiger partial charge on any atom is 0.306 e. The number of nitrogens with one attached hydrogen (secondary N) is 2. The number of carbonyl (C=O) groups is 2. The second-order valence-electron chi connectivity index (χ2n) is 4.26. The van der Waals surface area contributed by atoms with Gasteiger partial charge in [0.15, 0.2) is 0 Å². The zero-order chi connectivity index (χ0) is 14.7. The Bertz CT molecular complexity index is 551. The Morgan fingerprint density at radius 3 is 2.95 bits per heavy atom. The van der Waals surface area contributed by atoms with E-state index in [0.717, 1.165) is 16.1 Å². The van der Waals surface area contributed by atoms with Crippen molar-refractivity contribution < 1.29 is 14.3 Å². The molecule has 0 aromatic heterocycles. The Morgan fingerprint density at radius 2 is 2.30 bits per heavy atom. The van der Waals surface area contributed by atoms with Crippen LogP contribution in [-0.4, -0.2) is 31.8 Å². The number of halogens is 1. The molecule has 1 aliphatic heterocycles. The number of methoxy groups -OCH3 is 1. The number of carbonyl (C=O) groups excluding carboxylic acids is 2. The van der Waals surface area contributed by atoms with E-state index in [1.807, 2.05) is 6.07 Å². The highest BCUT2D eigenvalue weighted by Gasteiger charge is 2.30. The average molecular weight is 315 g/mol. The van der Waals surface area contributed by atoms with Crippen molar-refractivity contribution in [2.24, 2.45) is 0 Å². The van der Waals surface area contributed by atoms with Crippen LogP contribution in [0.25, 0.3) is 0 Å². The van der Waals surface area contributed by atoms with Crippen LogP contribution >= 0.6 is 23.4 Å². The molecule has 1 atom stereocenters. The van der Waals surface area contributed by atoms with E-state index in [1.54, 1.807) is 13.1 Å². The number of esters is 1. The molecule has 0 fully saturated rings. The molecule has 20 heavy (non-hydrogen) atoms. The fraction of sp³-hybridized carbons (Fsp3) is 0.385. The Morgan fingerprint density at radius 1 is 1.55 bits per heavy atom. The summed E-state index contributed by atoms with van der Waals surface area (Å²) in [6.07, 6.45) is 0.320. The first-order valence-corrected chi connectivity index (χ1v) is 7.44. The van der Waals surface area contributed by atoms with Crippen LogP contribution in [0.2, 0.25) is 5.02 Å². The summed E-state index contributed by atoms with van der Waals surface area (Å²) in [6.45, 7) is 0. The van der Waals surface area contributed by atoms with Gasteiger partial charge in [0, 0.05) is 21.9 Å². The molecule has 0 saturated heterocycles. The molecule has 1 heterocycles. The van der Waals surface area contributed by atoms with Gasteiger partial charge in [-0.2, -0.15) is 0 Å². The smallest absolute Gasteiger partial charge is 0.306 e. The van der Waals surface area contributed by atoms with Crippen molar-refractivity contribution >= 4 is 40.9 Å². The van der Waals surface area contributed by atoms with E-state index in [-0.39, 0.29) is 17.9 Å². The second-order valence-corrected chi connectivity index (χ2v) is 5.80. The van der Waals surface area contributed by atoms with Gasteiger partial charge in [-0.3, -0.25) is 9.59 Å². The fourth-order valence-corrected chi connectivity index (χ4v) is 3.23. The molecule has 0 spiro atoms. The summed E-state index contributed by atoms with van der Waals surface area (Å²) in [5.41, 5.74) is 1.61. The standard InChI is InChI=1S/C13H15ClN2O3S/c1-15-12-7-5-8(14)10(6-9(7)16-13(12)18)20-4-3-11(17)19-2/h5-6,12,15H,3-4H2,1-2H3,(H,16,18). The summed E-state index contributed by atoms with van der Waals surface area (Å²) in [4.78, 5) is 23.6. The number of likely N-dealkylation sites (N-methyl/N-ethyl adjacent to an activating group) is 1. The number of amides is 1. The van der Waals surface area contributed by atoms with Gasteiger partial charge in [-0.25, -0.2) is 0 Å². The number of benzene rings is 1. The minimum absolute atomic E-state index is 0.0877. The first-order chi connectivity index (χ1) is 9.56. The minimum Gasteiger partial charge on any atom is -0.469 e. The van der Waals surface area contributed by atoms with E-state index in [1.165, 1.54) is 18.9 Å². The average Bonchev–Trinajstić information content (AvgIpc) is 2.73. The summed E-state index contributed by atoms with van der Waals surface area (Å²) < 4.78 is 4.58. The number of hydrogen-bond donors (Lipinski definition) is 2. The van der Waals surface area contributed by atoms with Gasteiger partial charge in [0.1, 0.15) is 6.04 Å². The summed E-state index contributed by atoms with van der Waals surface area (Å²) in [5.74, 6) is 0.239. The minimum atomic E-state index is -0.364. The largest absolute Gasteiger partial charge is 0.469 e. The monoisotopic (exact) mass is 314 g/mol. The van der Waals surface area contributed by atoms with Gasteiger partial charge in [-0.15, -0.1) is 11.8 Å².